The first-order valence-electron chi connectivity index (χ1n) is 5.99. The number of rotatable bonds is 6. The van der Waals surface area contributed by atoms with E-state index in [9.17, 15) is 4.79 Å². The third kappa shape index (κ3) is 4.67. The minimum Gasteiger partial charge on any atom is -0.479 e. The Balaban J connectivity index is 2.76. The fourth-order valence-corrected chi connectivity index (χ4v) is 1.78. The first-order chi connectivity index (χ1) is 8.40. The van der Waals surface area contributed by atoms with E-state index in [0.717, 1.165) is 11.1 Å². The standard InChI is InChI=1S/C14H19ClO3/c1-9(2)8-18-13(14(16)17)7-11-6-12(15)5-4-10(11)3/h4-6,9,13H,7-8H2,1-3H3,(H,16,17). The van der Waals surface area contributed by atoms with Crippen molar-refractivity contribution in [3.8, 4) is 0 Å². The molecule has 0 saturated heterocycles. The molecule has 3 nitrogen and oxygen atoms in total. The van der Waals surface area contributed by atoms with Gasteiger partial charge in [0.05, 0.1) is 6.61 Å². The molecule has 0 aliphatic carbocycles. The second kappa shape index (κ2) is 6.76. The number of hydrogen-bond donors (Lipinski definition) is 1. The molecular formula is C14H19ClO3. The smallest absolute Gasteiger partial charge is 0.333 e. The van der Waals surface area contributed by atoms with E-state index in [4.69, 9.17) is 21.4 Å². The van der Waals surface area contributed by atoms with Gasteiger partial charge in [0.1, 0.15) is 0 Å². The average Bonchev–Trinajstić information content (AvgIpc) is 2.28. The predicted molar refractivity (Wildman–Crippen MR) is 72.1 cm³/mol. The van der Waals surface area contributed by atoms with Crippen LogP contribution in [0.2, 0.25) is 5.02 Å². The molecule has 18 heavy (non-hydrogen) atoms. The molecular weight excluding hydrogens is 252 g/mol. The molecule has 100 valence electrons. The van der Waals surface area contributed by atoms with E-state index in [1.165, 1.54) is 0 Å². The fraction of sp³-hybridized carbons (Fsp3) is 0.500. The lowest BCUT2D eigenvalue weighted by Gasteiger charge is -2.16. The zero-order valence-corrected chi connectivity index (χ0v) is 11.7. The zero-order valence-electron chi connectivity index (χ0n) is 10.9. The third-order valence-corrected chi connectivity index (χ3v) is 2.86. The molecule has 0 heterocycles. The lowest BCUT2D eigenvalue weighted by molar-refractivity contribution is -0.150. The molecule has 1 rings (SSSR count). The molecule has 0 aromatic heterocycles. The van der Waals surface area contributed by atoms with Crippen LogP contribution in [-0.4, -0.2) is 23.8 Å². The van der Waals surface area contributed by atoms with Crippen molar-refractivity contribution in [1.82, 2.24) is 0 Å². The van der Waals surface area contributed by atoms with Gasteiger partial charge in [0, 0.05) is 11.4 Å². The van der Waals surface area contributed by atoms with Crippen molar-refractivity contribution in [3.05, 3.63) is 34.3 Å². The van der Waals surface area contributed by atoms with Gasteiger partial charge in [0.25, 0.3) is 0 Å². The summed E-state index contributed by atoms with van der Waals surface area (Å²) < 4.78 is 5.42. The molecule has 1 aromatic rings. The van der Waals surface area contributed by atoms with Crippen molar-refractivity contribution in [2.24, 2.45) is 5.92 Å². The second-order valence-electron chi connectivity index (χ2n) is 4.83. The highest BCUT2D eigenvalue weighted by atomic mass is 35.5. The van der Waals surface area contributed by atoms with E-state index in [-0.39, 0.29) is 0 Å². The quantitative estimate of drug-likeness (QED) is 0.863. The minimum atomic E-state index is -0.935. The third-order valence-electron chi connectivity index (χ3n) is 2.62. The van der Waals surface area contributed by atoms with Crippen molar-refractivity contribution in [3.63, 3.8) is 0 Å². The first-order valence-corrected chi connectivity index (χ1v) is 6.37. The Hall–Kier alpha value is -1.06. The van der Waals surface area contributed by atoms with Crippen molar-refractivity contribution in [2.75, 3.05) is 6.61 Å². The van der Waals surface area contributed by atoms with E-state index in [2.05, 4.69) is 0 Å². The fourth-order valence-electron chi connectivity index (χ4n) is 1.59. The van der Waals surface area contributed by atoms with Gasteiger partial charge in [-0.15, -0.1) is 0 Å². The summed E-state index contributed by atoms with van der Waals surface area (Å²) in [7, 11) is 0. The van der Waals surface area contributed by atoms with Gasteiger partial charge < -0.3 is 9.84 Å². The van der Waals surface area contributed by atoms with Gasteiger partial charge >= 0.3 is 5.97 Å². The number of ether oxygens (including phenoxy) is 1. The molecule has 0 aliphatic heterocycles. The van der Waals surface area contributed by atoms with Gasteiger partial charge in [-0.2, -0.15) is 0 Å². The molecule has 1 atom stereocenters. The topological polar surface area (TPSA) is 46.5 Å². The highest BCUT2D eigenvalue weighted by Crippen LogP contribution is 2.18. The average molecular weight is 271 g/mol. The van der Waals surface area contributed by atoms with Gasteiger partial charge in [0.15, 0.2) is 6.10 Å². The van der Waals surface area contributed by atoms with Crippen LogP contribution in [0.1, 0.15) is 25.0 Å². The Labute approximate surface area is 113 Å². The maximum atomic E-state index is 11.2. The maximum absolute atomic E-state index is 11.2. The Morgan fingerprint density at radius 2 is 2.11 bits per heavy atom. The Kier molecular flexibility index (Phi) is 5.63. The highest BCUT2D eigenvalue weighted by Gasteiger charge is 2.20. The molecule has 0 radical (unpaired) electrons. The molecule has 0 bridgehead atoms. The number of carboxylic acids is 1. The number of aliphatic carboxylic acids is 1. The molecule has 0 aliphatic rings. The SMILES string of the molecule is Cc1ccc(Cl)cc1CC(OCC(C)C)C(=O)O. The van der Waals surface area contributed by atoms with E-state index in [0.29, 0.717) is 24.0 Å². The second-order valence-corrected chi connectivity index (χ2v) is 5.27. The monoisotopic (exact) mass is 270 g/mol. The largest absolute Gasteiger partial charge is 0.479 e. The summed E-state index contributed by atoms with van der Waals surface area (Å²) in [5.41, 5.74) is 1.94. The van der Waals surface area contributed by atoms with Crippen LogP contribution in [0, 0.1) is 12.8 Å². The van der Waals surface area contributed by atoms with Crippen molar-refractivity contribution >= 4 is 17.6 Å². The zero-order chi connectivity index (χ0) is 13.7. The number of halogens is 1. The number of carboxylic acid groups (broad SMARTS) is 1. The van der Waals surface area contributed by atoms with Crippen LogP contribution >= 0.6 is 11.6 Å². The van der Waals surface area contributed by atoms with Gasteiger partial charge in [-0.25, -0.2) is 4.79 Å². The Bertz CT molecular complexity index is 416. The molecule has 4 heteroatoms. The number of hydrogen-bond acceptors (Lipinski definition) is 2. The van der Waals surface area contributed by atoms with Crippen LogP contribution in [0.5, 0.6) is 0 Å². The van der Waals surface area contributed by atoms with E-state index < -0.39 is 12.1 Å². The van der Waals surface area contributed by atoms with E-state index >= 15 is 0 Å². The molecule has 0 fully saturated rings. The lowest BCUT2D eigenvalue weighted by Crippen LogP contribution is -2.28. The summed E-state index contributed by atoms with van der Waals surface area (Å²) in [5, 5.41) is 9.76. The first kappa shape index (κ1) is 15.0. The summed E-state index contributed by atoms with van der Waals surface area (Å²) in [5.74, 6) is -0.623. The summed E-state index contributed by atoms with van der Waals surface area (Å²) >= 11 is 5.92. The van der Waals surface area contributed by atoms with E-state index in [1.807, 2.05) is 26.8 Å². The summed E-state index contributed by atoms with van der Waals surface area (Å²) in [6, 6.07) is 5.48. The van der Waals surface area contributed by atoms with Gasteiger partial charge in [-0.3, -0.25) is 0 Å². The van der Waals surface area contributed by atoms with Crippen molar-refractivity contribution < 1.29 is 14.6 Å². The Morgan fingerprint density at radius 3 is 2.67 bits per heavy atom. The predicted octanol–water partition coefficient (Wildman–Crippen LogP) is 3.32. The molecule has 0 saturated carbocycles. The molecule has 1 unspecified atom stereocenters. The number of aryl methyl sites for hydroxylation is 1. The van der Waals surface area contributed by atoms with Crippen molar-refractivity contribution in [1.29, 1.82) is 0 Å². The van der Waals surface area contributed by atoms with E-state index in [1.54, 1.807) is 12.1 Å². The summed E-state index contributed by atoms with van der Waals surface area (Å²) in [6.45, 7) is 6.36. The molecule has 1 aromatic carbocycles. The molecule has 0 spiro atoms. The maximum Gasteiger partial charge on any atom is 0.333 e. The lowest BCUT2D eigenvalue weighted by atomic mass is 10.0. The highest BCUT2D eigenvalue weighted by molar-refractivity contribution is 6.30. The minimum absolute atomic E-state index is 0.312. The molecule has 1 N–H and O–H groups in total. The van der Waals surface area contributed by atoms with Gasteiger partial charge in [0.2, 0.25) is 0 Å². The Morgan fingerprint density at radius 1 is 1.44 bits per heavy atom. The van der Waals surface area contributed by atoms with Crippen LogP contribution in [-0.2, 0) is 16.0 Å². The van der Waals surface area contributed by atoms with Crippen LogP contribution < -0.4 is 0 Å². The number of carbonyl (C=O) groups is 1. The van der Waals surface area contributed by atoms with Crippen molar-refractivity contribution in [2.45, 2.75) is 33.3 Å². The molecule has 0 amide bonds. The summed E-state index contributed by atoms with van der Waals surface area (Å²) in [4.78, 5) is 11.2. The summed E-state index contributed by atoms with van der Waals surface area (Å²) in [6.07, 6.45) is -0.474. The van der Waals surface area contributed by atoms with Crippen LogP contribution in [0.15, 0.2) is 18.2 Å². The van der Waals surface area contributed by atoms with Gasteiger partial charge in [-0.05, 0) is 36.1 Å². The van der Waals surface area contributed by atoms with Crippen LogP contribution in [0.25, 0.3) is 0 Å². The van der Waals surface area contributed by atoms with Crippen LogP contribution in [0.3, 0.4) is 0 Å². The van der Waals surface area contributed by atoms with Gasteiger partial charge in [-0.1, -0.05) is 31.5 Å². The van der Waals surface area contributed by atoms with Crippen LogP contribution in [0.4, 0.5) is 0 Å². The number of benzene rings is 1. The normalized spacial score (nSPS) is 12.7.